The van der Waals surface area contributed by atoms with E-state index in [1.165, 1.54) is 5.56 Å². The number of benzene rings is 2. The molecule has 1 fully saturated rings. The lowest BCUT2D eigenvalue weighted by Crippen LogP contribution is -2.45. The molecule has 5 rings (SSSR count). The first-order chi connectivity index (χ1) is 16.1. The third kappa shape index (κ3) is 4.84. The Balaban J connectivity index is 1.50. The van der Waals surface area contributed by atoms with Crippen LogP contribution in [0.4, 0.5) is 5.69 Å². The van der Waals surface area contributed by atoms with E-state index in [4.69, 9.17) is 0 Å². The second-order valence-corrected chi connectivity index (χ2v) is 11.5. The number of aryl methyl sites for hydroxylation is 1. The first-order valence-corrected chi connectivity index (χ1v) is 13.5. The van der Waals surface area contributed by atoms with Crippen LogP contribution >= 0.6 is 0 Å². The number of aromatic amines is 1. The average molecular weight is 465 g/mol. The summed E-state index contributed by atoms with van der Waals surface area (Å²) in [4.78, 5) is 9.82. The standard InChI is InChI=1S/C26H32N4O2S/c31-33(32,25-11-5-6-12-25)29-17-22-10-4-7-13-26(22)30(18-23-16-27-20-28-23)24(19-29)15-14-21-8-2-1-3-9-21/h1-4,7-10,13,16,20,24-25H,5-6,11-12,14-15,17-19H2,(H,27,28). The normalized spacial score (nSPS) is 20.0. The molecule has 0 saturated heterocycles. The van der Waals surface area contributed by atoms with E-state index >= 15 is 0 Å². The van der Waals surface area contributed by atoms with Gasteiger partial charge in [0.2, 0.25) is 10.0 Å². The minimum atomic E-state index is -3.34. The van der Waals surface area contributed by atoms with Crippen LogP contribution in [0, 0.1) is 0 Å². The van der Waals surface area contributed by atoms with Crippen LogP contribution in [0.25, 0.3) is 0 Å². The van der Waals surface area contributed by atoms with Gasteiger partial charge >= 0.3 is 0 Å². The molecule has 174 valence electrons. The first kappa shape index (κ1) is 22.2. The van der Waals surface area contributed by atoms with Gasteiger partial charge in [-0.05, 0) is 42.9 Å². The van der Waals surface area contributed by atoms with Crippen LogP contribution in [0.3, 0.4) is 0 Å². The molecule has 1 aliphatic heterocycles. The summed E-state index contributed by atoms with van der Waals surface area (Å²) >= 11 is 0. The summed E-state index contributed by atoms with van der Waals surface area (Å²) in [6, 6.07) is 18.8. The molecule has 2 aliphatic rings. The lowest BCUT2D eigenvalue weighted by molar-refractivity contribution is 0.365. The van der Waals surface area contributed by atoms with Crippen LogP contribution in [-0.4, -0.2) is 40.5 Å². The largest absolute Gasteiger partial charge is 0.361 e. The molecule has 1 N–H and O–H groups in total. The Morgan fingerprint density at radius 1 is 1.00 bits per heavy atom. The Bertz CT molecular complexity index is 1140. The zero-order chi connectivity index (χ0) is 22.7. The molecule has 2 heterocycles. The summed E-state index contributed by atoms with van der Waals surface area (Å²) in [7, 11) is -3.34. The Morgan fingerprint density at radius 3 is 2.52 bits per heavy atom. The number of hydrogen-bond acceptors (Lipinski definition) is 4. The molecule has 1 aliphatic carbocycles. The first-order valence-electron chi connectivity index (χ1n) is 12.0. The highest BCUT2D eigenvalue weighted by molar-refractivity contribution is 7.89. The maximum absolute atomic E-state index is 13.7. The number of H-pyrrole nitrogens is 1. The number of rotatable bonds is 7. The number of hydrogen-bond donors (Lipinski definition) is 1. The third-order valence-electron chi connectivity index (χ3n) is 7.09. The number of fused-ring (bicyclic) bond motifs is 1. The van der Waals surface area contributed by atoms with Crippen molar-refractivity contribution in [1.82, 2.24) is 14.3 Å². The van der Waals surface area contributed by atoms with E-state index in [1.807, 2.05) is 24.4 Å². The number of para-hydroxylation sites is 1. The Kier molecular flexibility index (Phi) is 6.51. The Hall–Kier alpha value is -2.64. The van der Waals surface area contributed by atoms with E-state index in [2.05, 4.69) is 51.3 Å². The maximum atomic E-state index is 13.7. The number of imidazole rings is 1. The van der Waals surface area contributed by atoms with Gasteiger partial charge in [0.1, 0.15) is 0 Å². The zero-order valence-electron chi connectivity index (χ0n) is 18.9. The van der Waals surface area contributed by atoms with Gasteiger partial charge in [0.05, 0.1) is 23.8 Å². The molecule has 0 spiro atoms. The molecule has 3 aromatic rings. The van der Waals surface area contributed by atoms with Crippen molar-refractivity contribution < 1.29 is 8.42 Å². The van der Waals surface area contributed by atoms with Crippen molar-refractivity contribution in [3.05, 3.63) is 83.9 Å². The van der Waals surface area contributed by atoms with Gasteiger partial charge in [-0.1, -0.05) is 61.4 Å². The summed E-state index contributed by atoms with van der Waals surface area (Å²) in [6.07, 6.45) is 8.94. The minimum absolute atomic E-state index is 0.0633. The summed E-state index contributed by atoms with van der Waals surface area (Å²) < 4.78 is 29.2. The van der Waals surface area contributed by atoms with E-state index in [0.29, 0.717) is 19.6 Å². The molecular formula is C26H32N4O2S. The lowest BCUT2D eigenvalue weighted by atomic mass is 10.0. The van der Waals surface area contributed by atoms with Gasteiger partial charge in [-0.2, -0.15) is 4.31 Å². The SMILES string of the molecule is O=S(=O)(C1CCCC1)N1Cc2ccccc2N(Cc2cnc[nH]2)C(CCc2ccccc2)C1. The Morgan fingerprint density at radius 2 is 1.76 bits per heavy atom. The van der Waals surface area contributed by atoms with Crippen LogP contribution in [0.5, 0.6) is 0 Å². The van der Waals surface area contributed by atoms with Crippen LogP contribution < -0.4 is 4.90 Å². The van der Waals surface area contributed by atoms with Crippen molar-refractivity contribution in [2.45, 2.75) is 62.9 Å². The van der Waals surface area contributed by atoms with Gasteiger partial charge in [-0.25, -0.2) is 13.4 Å². The van der Waals surface area contributed by atoms with Crippen LogP contribution in [0.1, 0.15) is 48.9 Å². The molecule has 1 unspecified atom stereocenters. The number of sulfonamides is 1. The maximum Gasteiger partial charge on any atom is 0.217 e. The van der Waals surface area contributed by atoms with E-state index < -0.39 is 10.0 Å². The Labute approximate surface area is 196 Å². The summed E-state index contributed by atoms with van der Waals surface area (Å²) in [5, 5.41) is -0.237. The monoisotopic (exact) mass is 464 g/mol. The fourth-order valence-corrected chi connectivity index (χ4v) is 7.34. The predicted octanol–water partition coefficient (Wildman–Crippen LogP) is 4.51. The molecule has 1 aromatic heterocycles. The van der Waals surface area contributed by atoms with Gasteiger partial charge in [-0.3, -0.25) is 0 Å². The van der Waals surface area contributed by atoms with Gasteiger partial charge < -0.3 is 9.88 Å². The van der Waals surface area contributed by atoms with E-state index in [-0.39, 0.29) is 11.3 Å². The van der Waals surface area contributed by atoms with E-state index in [1.54, 1.807) is 10.6 Å². The third-order valence-corrected chi connectivity index (χ3v) is 9.40. The molecule has 7 heteroatoms. The van der Waals surface area contributed by atoms with Crippen molar-refractivity contribution in [3.8, 4) is 0 Å². The second-order valence-electron chi connectivity index (χ2n) is 9.26. The van der Waals surface area contributed by atoms with Gasteiger partial charge in [0, 0.05) is 31.0 Å². The van der Waals surface area contributed by atoms with Crippen LogP contribution in [0.2, 0.25) is 0 Å². The van der Waals surface area contributed by atoms with Gasteiger partial charge in [-0.15, -0.1) is 0 Å². The predicted molar refractivity (Wildman–Crippen MR) is 131 cm³/mol. The average Bonchev–Trinajstić information content (AvgIpc) is 3.53. The second kappa shape index (κ2) is 9.69. The smallest absolute Gasteiger partial charge is 0.217 e. The molecule has 1 saturated carbocycles. The molecular weight excluding hydrogens is 432 g/mol. The summed E-state index contributed by atoms with van der Waals surface area (Å²) in [5.41, 5.74) is 4.50. The number of nitrogens with one attached hydrogen (secondary N) is 1. The van der Waals surface area contributed by atoms with Crippen molar-refractivity contribution in [1.29, 1.82) is 0 Å². The molecule has 0 amide bonds. The minimum Gasteiger partial charge on any atom is -0.361 e. The van der Waals surface area contributed by atoms with Crippen LogP contribution in [0.15, 0.2) is 67.1 Å². The van der Waals surface area contributed by atoms with E-state index in [0.717, 1.165) is 55.5 Å². The molecule has 1 atom stereocenters. The van der Waals surface area contributed by atoms with Gasteiger partial charge in [0.15, 0.2) is 0 Å². The highest BCUT2D eigenvalue weighted by Gasteiger charge is 2.38. The lowest BCUT2D eigenvalue weighted by Gasteiger charge is -2.34. The van der Waals surface area contributed by atoms with E-state index in [9.17, 15) is 8.42 Å². The summed E-state index contributed by atoms with van der Waals surface area (Å²) in [6.45, 7) is 1.62. The molecule has 6 nitrogen and oxygen atoms in total. The fourth-order valence-electron chi connectivity index (χ4n) is 5.29. The number of nitrogens with zero attached hydrogens (tertiary/aromatic N) is 3. The number of aromatic nitrogens is 2. The number of anilines is 1. The fraction of sp³-hybridized carbons (Fsp3) is 0.423. The highest BCUT2D eigenvalue weighted by Crippen LogP contribution is 2.35. The molecule has 33 heavy (non-hydrogen) atoms. The van der Waals surface area contributed by atoms with Gasteiger partial charge in [0.25, 0.3) is 0 Å². The molecule has 2 aromatic carbocycles. The topological polar surface area (TPSA) is 69.3 Å². The van der Waals surface area contributed by atoms with Crippen molar-refractivity contribution in [2.75, 3.05) is 11.4 Å². The molecule has 0 bridgehead atoms. The molecule has 0 radical (unpaired) electrons. The van der Waals surface area contributed by atoms with Crippen molar-refractivity contribution in [3.63, 3.8) is 0 Å². The van der Waals surface area contributed by atoms with Crippen molar-refractivity contribution >= 4 is 15.7 Å². The van der Waals surface area contributed by atoms with Crippen molar-refractivity contribution in [2.24, 2.45) is 0 Å². The summed E-state index contributed by atoms with van der Waals surface area (Å²) in [5.74, 6) is 0. The van der Waals surface area contributed by atoms with Crippen LogP contribution in [-0.2, 0) is 29.5 Å². The highest BCUT2D eigenvalue weighted by atomic mass is 32.2. The quantitative estimate of drug-likeness (QED) is 0.559. The zero-order valence-corrected chi connectivity index (χ0v) is 19.8.